The summed E-state index contributed by atoms with van der Waals surface area (Å²) in [7, 11) is 0. The summed E-state index contributed by atoms with van der Waals surface area (Å²) in [5.41, 5.74) is 3.82. The van der Waals surface area contributed by atoms with E-state index in [9.17, 15) is 0 Å². The fraction of sp³-hybridized carbons (Fsp3) is 0.562. The number of nitrogens with zero attached hydrogens (tertiary/aromatic N) is 2. The summed E-state index contributed by atoms with van der Waals surface area (Å²) in [6.45, 7) is 5.56. The molecule has 2 heterocycles. The van der Waals surface area contributed by atoms with E-state index < -0.39 is 0 Å². The molecule has 0 radical (unpaired) electrons. The molecule has 1 aliphatic carbocycles. The Balaban J connectivity index is 1.91. The lowest BCUT2D eigenvalue weighted by molar-refractivity contribution is 0.538. The highest BCUT2D eigenvalue weighted by atomic mass is 15.1. The molecule has 1 aromatic carbocycles. The first-order valence-corrected chi connectivity index (χ1v) is 7.46. The van der Waals surface area contributed by atoms with Crippen molar-refractivity contribution in [3.8, 4) is 0 Å². The molecule has 1 aromatic heterocycles. The van der Waals surface area contributed by atoms with Crippen LogP contribution in [0.4, 0.5) is 0 Å². The van der Waals surface area contributed by atoms with Gasteiger partial charge in [-0.3, -0.25) is 0 Å². The van der Waals surface area contributed by atoms with Crippen LogP contribution in [0, 0.1) is 6.92 Å². The molecule has 0 amide bonds. The molecule has 100 valence electrons. The van der Waals surface area contributed by atoms with E-state index in [4.69, 9.17) is 4.98 Å². The van der Waals surface area contributed by atoms with E-state index in [0.29, 0.717) is 18.0 Å². The van der Waals surface area contributed by atoms with Crippen LogP contribution in [0.5, 0.6) is 0 Å². The van der Waals surface area contributed by atoms with Crippen molar-refractivity contribution in [1.29, 1.82) is 0 Å². The Bertz CT molecular complexity index is 624. The van der Waals surface area contributed by atoms with Crippen LogP contribution in [-0.2, 0) is 0 Å². The van der Waals surface area contributed by atoms with Gasteiger partial charge >= 0.3 is 0 Å². The van der Waals surface area contributed by atoms with Crippen molar-refractivity contribution >= 4 is 11.0 Å². The number of hydrogen-bond donors (Lipinski definition) is 1. The van der Waals surface area contributed by atoms with E-state index in [-0.39, 0.29) is 0 Å². The number of nitrogens with one attached hydrogen (secondary N) is 1. The van der Waals surface area contributed by atoms with Crippen molar-refractivity contribution in [2.45, 2.75) is 51.1 Å². The van der Waals surface area contributed by atoms with Crippen molar-refractivity contribution in [3.05, 3.63) is 29.6 Å². The van der Waals surface area contributed by atoms with Crippen molar-refractivity contribution in [2.75, 3.05) is 6.54 Å². The molecule has 0 bridgehead atoms. The minimum atomic E-state index is 0.551. The number of hydrogen-bond acceptors (Lipinski definition) is 2. The number of rotatable bonds is 2. The summed E-state index contributed by atoms with van der Waals surface area (Å²) >= 11 is 0. The van der Waals surface area contributed by atoms with Crippen LogP contribution in [0.2, 0.25) is 0 Å². The molecule has 1 N–H and O–H groups in total. The van der Waals surface area contributed by atoms with Gasteiger partial charge in [0.1, 0.15) is 5.82 Å². The van der Waals surface area contributed by atoms with E-state index in [0.717, 1.165) is 6.54 Å². The van der Waals surface area contributed by atoms with E-state index in [1.807, 2.05) is 0 Å². The van der Waals surface area contributed by atoms with Gasteiger partial charge in [-0.2, -0.15) is 0 Å². The molecule has 19 heavy (non-hydrogen) atoms. The predicted molar refractivity (Wildman–Crippen MR) is 77.6 cm³/mol. The van der Waals surface area contributed by atoms with Crippen LogP contribution in [0.1, 0.15) is 49.5 Å². The number of imidazole rings is 1. The van der Waals surface area contributed by atoms with Gasteiger partial charge in [-0.15, -0.1) is 0 Å². The zero-order chi connectivity index (χ0) is 13.0. The van der Waals surface area contributed by atoms with Gasteiger partial charge in [-0.1, -0.05) is 6.07 Å². The maximum atomic E-state index is 4.99. The lowest BCUT2D eigenvalue weighted by atomic mass is 10.0. The highest BCUT2D eigenvalue weighted by Crippen LogP contribution is 2.42. The normalized spacial score (nSPS) is 27.3. The van der Waals surface area contributed by atoms with Gasteiger partial charge in [0.05, 0.1) is 11.0 Å². The molecule has 0 spiro atoms. The summed E-state index contributed by atoms with van der Waals surface area (Å²) in [6, 6.07) is 7.95. The molecule has 1 saturated heterocycles. The third-order valence-electron chi connectivity index (χ3n) is 4.64. The van der Waals surface area contributed by atoms with Crippen LogP contribution in [0.25, 0.3) is 11.0 Å². The highest BCUT2D eigenvalue weighted by Gasteiger charge is 2.34. The summed E-state index contributed by atoms with van der Waals surface area (Å²) < 4.78 is 2.53. The van der Waals surface area contributed by atoms with Crippen molar-refractivity contribution in [2.24, 2.45) is 0 Å². The summed E-state index contributed by atoms with van der Waals surface area (Å²) in [5, 5.41) is 3.56. The molecular weight excluding hydrogens is 234 g/mol. The van der Waals surface area contributed by atoms with Gasteiger partial charge in [0.2, 0.25) is 0 Å². The minimum absolute atomic E-state index is 0.551. The zero-order valence-electron chi connectivity index (χ0n) is 11.7. The average molecular weight is 255 g/mol. The summed E-state index contributed by atoms with van der Waals surface area (Å²) in [6.07, 6.45) is 3.86. The number of aryl methyl sites for hydroxylation is 1. The lowest BCUT2D eigenvalue weighted by Gasteiger charge is -2.16. The number of benzene rings is 1. The van der Waals surface area contributed by atoms with Gasteiger partial charge in [0.25, 0.3) is 0 Å². The van der Waals surface area contributed by atoms with Crippen LogP contribution < -0.4 is 5.32 Å². The fourth-order valence-corrected chi connectivity index (χ4v) is 3.42. The van der Waals surface area contributed by atoms with Gasteiger partial charge in [0, 0.05) is 18.0 Å². The molecular formula is C16H21N3. The van der Waals surface area contributed by atoms with Gasteiger partial charge in [0.15, 0.2) is 0 Å². The molecule has 3 nitrogen and oxygen atoms in total. The lowest BCUT2D eigenvalue weighted by Crippen LogP contribution is -2.23. The minimum Gasteiger partial charge on any atom is -0.325 e. The van der Waals surface area contributed by atoms with Crippen LogP contribution >= 0.6 is 0 Å². The smallest absolute Gasteiger partial charge is 0.114 e. The molecule has 3 heteroatoms. The van der Waals surface area contributed by atoms with Gasteiger partial charge in [-0.05, 0) is 57.4 Å². The second-order valence-corrected chi connectivity index (χ2v) is 6.20. The maximum Gasteiger partial charge on any atom is 0.114 e. The van der Waals surface area contributed by atoms with Crippen molar-refractivity contribution in [1.82, 2.24) is 14.9 Å². The molecule has 1 saturated carbocycles. The Hall–Kier alpha value is -1.35. The monoisotopic (exact) mass is 255 g/mol. The Labute approximate surface area is 114 Å². The zero-order valence-corrected chi connectivity index (χ0v) is 11.7. The summed E-state index contributed by atoms with van der Waals surface area (Å²) in [5.74, 6) is 1.90. The Kier molecular flexibility index (Phi) is 2.46. The Morgan fingerprint density at radius 1 is 1.26 bits per heavy atom. The van der Waals surface area contributed by atoms with E-state index >= 15 is 0 Å². The number of aromatic nitrogens is 2. The second-order valence-electron chi connectivity index (χ2n) is 6.20. The molecule has 2 aliphatic rings. The quantitative estimate of drug-likeness (QED) is 0.893. The van der Waals surface area contributed by atoms with E-state index in [1.54, 1.807) is 0 Å². The van der Waals surface area contributed by atoms with Gasteiger partial charge in [-0.25, -0.2) is 4.98 Å². The molecule has 4 rings (SSSR count). The molecule has 2 aromatic rings. The van der Waals surface area contributed by atoms with Gasteiger partial charge < -0.3 is 9.88 Å². The van der Waals surface area contributed by atoms with Crippen LogP contribution in [0.3, 0.4) is 0 Å². The molecule has 1 aliphatic heterocycles. The van der Waals surface area contributed by atoms with Crippen LogP contribution in [-0.4, -0.2) is 22.1 Å². The van der Waals surface area contributed by atoms with E-state index in [2.05, 4.69) is 41.9 Å². The third kappa shape index (κ3) is 1.79. The topological polar surface area (TPSA) is 29.9 Å². The van der Waals surface area contributed by atoms with Crippen molar-refractivity contribution < 1.29 is 0 Å². The highest BCUT2D eigenvalue weighted by molar-refractivity contribution is 5.77. The fourth-order valence-electron chi connectivity index (χ4n) is 3.42. The Morgan fingerprint density at radius 2 is 2.11 bits per heavy atom. The Morgan fingerprint density at radius 3 is 2.79 bits per heavy atom. The molecule has 2 unspecified atom stereocenters. The first kappa shape index (κ1) is 11.5. The first-order valence-electron chi connectivity index (χ1n) is 7.46. The second kappa shape index (κ2) is 4.07. The van der Waals surface area contributed by atoms with Crippen molar-refractivity contribution in [3.63, 3.8) is 0 Å². The maximum absolute atomic E-state index is 4.99. The third-order valence-corrected chi connectivity index (χ3v) is 4.64. The molecule has 2 fully saturated rings. The largest absolute Gasteiger partial charge is 0.325 e. The predicted octanol–water partition coefficient (Wildman–Crippen LogP) is 3.15. The number of fused-ring (bicyclic) bond motifs is 1. The van der Waals surface area contributed by atoms with E-state index in [1.165, 1.54) is 41.7 Å². The summed E-state index contributed by atoms with van der Waals surface area (Å²) in [4.78, 5) is 4.99. The van der Waals surface area contributed by atoms with Crippen LogP contribution in [0.15, 0.2) is 18.2 Å². The first-order chi connectivity index (χ1) is 9.24. The standard InChI is InChI=1S/C16H21N3/c1-10-3-6-15-14(9-10)18-16(19(15)12-4-5-12)13-7-8-17-11(13)2/h3,6,9,11-13,17H,4-5,7-8H2,1-2H3. The SMILES string of the molecule is Cc1ccc2c(c1)nc(C1CCNC1C)n2C1CC1. The molecule has 2 atom stereocenters. The average Bonchev–Trinajstić information content (AvgIpc) is 3.03.